The summed E-state index contributed by atoms with van der Waals surface area (Å²) in [6.45, 7) is 2.71. The second-order valence-electron chi connectivity index (χ2n) is 7.84. The van der Waals surface area contributed by atoms with Crippen LogP contribution in [0.3, 0.4) is 0 Å². The number of hydrogen-bond donors (Lipinski definition) is 2. The lowest BCUT2D eigenvalue weighted by molar-refractivity contribution is 0.102. The fourth-order valence-corrected chi connectivity index (χ4v) is 3.88. The van der Waals surface area contributed by atoms with Gasteiger partial charge in [-0.1, -0.05) is 12.1 Å². The molecule has 1 fully saturated rings. The molecule has 174 valence electrons. The molecule has 1 aromatic heterocycles. The number of ether oxygens (including phenoxy) is 1. The van der Waals surface area contributed by atoms with Gasteiger partial charge in [-0.3, -0.25) is 15.0 Å². The van der Waals surface area contributed by atoms with E-state index in [2.05, 4.69) is 10.3 Å². The number of alkyl halides is 2. The van der Waals surface area contributed by atoms with Gasteiger partial charge < -0.3 is 14.4 Å². The van der Waals surface area contributed by atoms with E-state index < -0.39 is 18.4 Å². The Hall–Kier alpha value is -3.53. The van der Waals surface area contributed by atoms with Gasteiger partial charge in [0.15, 0.2) is 0 Å². The van der Waals surface area contributed by atoms with E-state index >= 15 is 0 Å². The fourth-order valence-electron chi connectivity index (χ4n) is 3.88. The Morgan fingerprint density at radius 1 is 1.27 bits per heavy atom. The normalized spacial score (nSPS) is 15.1. The van der Waals surface area contributed by atoms with E-state index in [0.29, 0.717) is 42.7 Å². The number of halogens is 2. The second-order valence-corrected chi connectivity index (χ2v) is 7.84. The van der Waals surface area contributed by atoms with Crippen LogP contribution in [0.4, 0.5) is 25.2 Å². The van der Waals surface area contributed by atoms with Crippen LogP contribution in [0.1, 0.15) is 48.2 Å². The summed E-state index contributed by atoms with van der Waals surface area (Å²) < 4.78 is 33.0. The predicted molar refractivity (Wildman–Crippen MR) is 119 cm³/mol. The fraction of sp³-hybridized carbons (Fsp3) is 0.348. The molecule has 2 N–H and O–H groups in total. The van der Waals surface area contributed by atoms with E-state index in [0.717, 1.165) is 6.07 Å². The number of aromatic nitrogens is 2. The first-order chi connectivity index (χ1) is 15.9. The average molecular weight is 458 g/mol. The molecule has 10 heteroatoms. The van der Waals surface area contributed by atoms with Crippen molar-refractivity contribution in [3.63, 3.8) is 0 Å². The zero-order valence-corrected chi connectivity index (χ0v) is 18.0. The minimum Gasteiger partial charge on any atom is -0.449 e. The van der Waals surface area contributed by atoms with Crippen LogP contribution < -0.4 is 10.2 Å². The summed E-state index contributed by atoms with van der Waals surface area (Å²) in [6.07, 6.45) is -1.99. The Balaban J connectivity index is 1.71. The zero-order valence-electron chi connectivity index (χ0n) is 18.0. The first-order valence-electron chi connectivity index (χ1n) is 10.7. The summed E-state index contributed by atoms with van der Waals surface area (Å²) in [5, 5.41) is 12.1. The molecule has 3 aromatic rings. The van der Waals surface area contributed by atoms with E-state index in [9.17, 15) is 23.5 Å². The van der Waals surface area contributed by atoms with Crippen LogP contribution in [-0.2, 0) is 4.74 Å². The highest BCUT2D eigenvalue weighted by Gasteiger charge is 2.24. The van der Waals surface area contributed by atoms with Crippen molar-refractivity contribution in [1.29, 1.82) is 0 Å². The molecular weight excluding hydrogens is 434 g/mol. The summed E-state index contributed by atoms with van der Waals surface area (Å²) in [6, 6.07) is 10.3. The Kier molecular flexibility index (Phi) is 6.55. The average Bonchev–Trinajstić information content (AvgIpc) is 3.16. The molecule has 0 aliphatic carbocycles. The molecule has 2 amide bonds. The Morgan fingerprint density at radius 2 is 2.09 bits per heavy atom. The molecule has 1 aliphatic rings. The van der Waals surface area contributed by atoms with Gasteiger partial charge in [0.2, 0.25) is 5.95 Å². The molecule has 0 bridgehead atoms. The van der Waals surface area contributed by atoms with Crippen molar-refractivity contribution in [2.24, 2.45) is 0 Å². The van der Waals surface area contributed by atoms with Crippen molar-refractivity contribution in [3.8, 4) is 0 Å². The van der Waals surface area contributed by atoms with Crippen LogP contribution in [0, 0.1) is 0 Å². The van der Waals surface area contributed by atoms with Crippen LogP contribution >= 0.6 is 0 Å². The van der Waals surface area contributed by atoms with Gasteiger partial charge in [-0.25, -0.2) is 18.6 Å². The molecule has 1 aliphatic heterocycles. The highest BCUT2D eigenvalue weighted by atomic mass is 19.3. The molecule has 33 heavy (non-hydrogen) atoms. The quantitative estimate of drug-likeness (QED) is 0.543. The zero-order chi connectivity index (χ0) is 23.5. The summed E-state index contributed by atoms with van der Waals surface area (Å²) in [5.74, 6) is -0.359. The topological polar surface area (TPSA) is 96.7 Å². The maximum absolute atomic E-state index is 13.0. The molecule has 2 heterocycles. The lowest BCUT2D eigenvalue weighted by Crippen LogP contribution is -2.37. The molecule has 0 saturated carbocycles. The Labute approximate surface area is 188 Å². The predicted octanol–water partition coefficient (Wildman–Crippen LogP) is 4.52. The molecule has 8 nitrogen and oxygen atoms in total. The minimum absolute atomic E-state index is 0.0671. The van der Waals surface area contributed by atoms with Crippen molar-refractivity contribution in [3.05, 3.63) is 53.6 Å². The number of anilines is 2. The molecule has 0 spiro atoms. The number of benzene rings is 2. The number of rotatable bonds is 7. The number of hydrogen-bond acceptors (Lipinski definition) is 5. The number of cyclic esters (lactones) is 1. The third-order valence-electron chi connectivity index (χ3n) is 5.57. The number of carbonyl (C=O) groups excluding carboxylic acids is 2. The first kappa shape index (κ1) is 22.7. The number of amides is 2. The molecular formula is C23H24F2N4O4. The largest absolute Gasteiger partial charge is 0.449 e. The number of aliphatic hydroxyl groups is 1. The third-order valence-corrected chi connectivity index (χ3v) is 5.57. The van der Waals surface area contributed by atoms with E-state index in [4.69, 9.17) is 4.74 Å². The second kappa shape index (κ2) is 9.53. The number of carbonyl (C=O) groups is 2. The summed E-state index contributed by atoms with van der Waals surface area (Å²) in [4.78, 5) is 31.0. The lowest BCUT2D eigenvalue weighted by atomic mass is 10.1. The van der Waals surface area contributed by atoms with Crippen LogP contribution in [0.25, 0.3) is 11.0 Å². The highest BCUT2D eigenvalue weighted by Crippen LogP contribution is 2.30. The Morgan fingerprint density at radius 3 is 2.82 bits per heavy atom. The van der Waals surface area contributed by atoms with Gasteiger partial charge in [-0.15, -0.1) is 0 Å². The standard InChI is InChI=1S/C23H24F2N4O4/c1-14(8-10-30)29-19-7-6-17(28-9-3-11-33-23(28)32)13-18(19)26-22(29)27-21(31)16-5-2-4-15(12-16)20(24)25/h2,4-7,12-14,20,30H,3,8-11H2,1H3,(H,26,27,31). The number of fused-ring (bicyclic) bond motifs is 1. The summed E-state index contributed by atoms with van der Waals surface area (Å²) in [7, 11) is 0. The monoisotopic (exact) mass is 458 g/mol. The highest BCUT2D eigenvalue weighted by molar-refractivity contribution is 6.04. The van der Waals surface area contributed by atoms with Crippen LogP contribution in [0.2, 0.25) is 0 Å². The number of aliphatic hydroxyl groups excluding tert-OH is 1. The van der Waals surface area contributed by atoms with Crippen molar-refractivity contribution < 1.29 is 28.2 Å². The van der Waals surface area contributed by atoms with E-state index in [1.807, 2.05) is 6.92 Å². The van der Waals surface area contributed by atoms with Gasteiger partial charge in [0.25, 0.3) is 12.3 Å². The maximum atomic E-state index is 13.0. The van der Waals surface area contributed by atoms with Crippen molar-refractivity contribution in [2.75, 3.05) is 30.0 Å². The maximum Gasteiger partial charge on any atom is 0.414 e. The number of imidazole rings is 1. The van der Waals surface area contributed by atoms with Gasteiger partial charge in [-0.05, 0) is 50.1 Å². The summed E-state index contributed by atoms with van der Waals surface area (Å²) in [5.41, 5.74) is 1.68. The Bertz CT molecular complexity index is 1180. The van der Waals surface area contributed by atoms with Crippen molar-refractivity contribution in [1.82, 2.24) is 9.55 Å². The van der Waals surface area contributed by atoms with Crippen LogP contribution in [0.5, 0.6) is 0 Å². The molecule has 1 unspecified atom stereocenters. The van der Waals surface area contributed by atoms with Gasteiger partial charge in [0.05, 0.1) is 17.6 Å². The van der Waals surface area contributed by atoms with Gasteiger partial charge >= 0.3 is 6.09 Å². The number of nitrogens with one attached hydrogen (secondary N) is 1. The first-order valence-corrected chi connectivity index (χ1v) is 10.7. The van der Waals surface area contributed by atoms with Crippen molar-refractivity contribution >= 4 is 34.7 Å². The molecule has 1 saturated heterocycles. The van der Waals surface area contributed by atoms with E-state index in [1.54, 1.807) is 22.8 Å². The van der Waals surface area contributed by atoms with Crippen molar-refractivity contribution in [2.45, 2.75) is 32.2 Å². The van der Waals surface area contributed by atoms with Gasteiger partial charge in [0.1, 0.15) is 0 Å². The molecule has 4 rings (SSSR count). The SMILES string of the molecule is CC(CCO)n1c(NC(=O)c2cccc(C(F)F)c2)nc2cc(N3CCCOC3=O)ccc21. The van der Waals surface area contributed by atoms with E-state index in [-0.39, 0.29) is 29.7 Å². The van der Waals surface area contributed by atoms with Gasteiger partial charge in [-0.2, -0.15) is 0 Å². The summed E-state index contributed by atoms with van der Waals surface area (Å²) >= 11 is 0. The van der Waals surface area contributed by atoms with Gasteiger partial charge in [0, 0.05) is 36.0 Å². The lowest BCUT2D eigenvalue weighted by Gasteiger charge is -2.26. The minimum atomic E-state index is -2.69. The third kappa shape index (κ3) is 4.65. The van der Waals surface area contributed by atoms with E-state index in [1.165, 1.54) is 23.1 Å². The number of nitrogens with zero attached hydrogens (tertiary/aromatic N) is 3. The molecule has 2 aromatic carbocycles. The molecule has 1 atom stereocenters. The van der Waals surface area contributed by atoms with Crippen LogP contribution in [-0.4, -0.2) is 46.4 Å². The molecule has 0 radical (unpaired) electrons. The van der Waals surface area contributed by atoms with Crippen LogP contribution in [0.15, 0.2) is 42.5 Å². The smallest absolute Gasteiger partial charge is 0.414 e.